The molecular formula is Fe3O4Si+2. The molecule has 0 bridgehead atoms. The first-order valence-corrected chi connectivity index (χ1v) is 2.45. The molecule has 0 N–H and O–H groups in total. The first-order chi connectivity index (χ1) is 2.00. The second kappa shape index (κ2) is 8.62. The fourth-order valence-corrected chi connectivity index (χ4v) is 0. The Morgan fingerprint density at radius 2 is 0.625 bits per heavy atom. The van der Waals surface area contributed by atoms with E-state index < -0.39 is 9.05 Å². The zero-order valence-corrected chi connectivity index (χ0v) is 7.51. The van der Waals surface area contributed by atoms with Gasteiger partial charge in [-0.1, -0.05) is 0 Å². The molecule has 0 saturated heterocycles. The minimum atomic E-state index is -5.61. The van der Waals surface area contributed by atoms with Gasteiger partial charge < -0.3 is 28.2 Å². The summed E-state index contributed by atoms with van der Waals surface area (Å²) in [5.41, 5.74) is 0. The molecule has 0 unspecified atom stereocenters. The average molecular weight is 260 g/mol. The van der Waals surface area contributed by atoms with Gasteiger partial charge in [-0.05, 0) is 0 Å². The van der Waals surface area contributed by atoms with E-state index >= 15 is 0 Å². The predicted molar refractivity (Wildman–Crippen MR) is 5.75 cm³/mol. The zero-order valence-electron chi connectivity index (χ0n) is 3.19. The summed E-state index contributed by atoms with van der Waals surface area (Å²) in [6.45, 7) is 0. The largest absolute Gasteiger partial charge is 2.00 e. The van der Waals surface area contributed by atoms with Gasteiger partial charge in [-0.15, -0.1) is 0 Å². The van der Waals surface area contributed by atoms with Crippen LogP contribution in [0.4, 0.5) is 0 Å². The van der Waals surface area contributed by atoms with Crippen molar-refractivity contribution in [2.75, 3.05) is 0 Å². The Bertz CT molecular complexity index is 26.8. The molecule has 0 aromatic heterocycles. The van der Waals surface area contributed by atoms with Gasteiger partial charge in [-0.25, -0.2) is 0 Å². The van der Waals surface area contributed by atoms with Crippen molar-refractivity contribution in [2.24, 2.45) is 0 Å². The smallest absolute Gasteiger partial charge is 0.894 e. The third kappa shape index (κ3) is 128. The molecule has 0 saturated carbocycles. The molecule has 0 aromatic carbocycles. The van der Waals surface area contributed by atoms with Crippen LogP contribution in [0.25, 0.3) is 0 Å². The van der Waals surface area contributed by atoms with E-state index in [0.29, 0.717) is 0 Å². The van der Waals surface area contributed by atoms with Crippen LogP contribution in [0, 0.1) is 0 Å². The molecule has 0 aliphatic carbocycles. The van der Waals surface area contributed by atoms with E-state index in [1.165, 1.54) is 0 Å². The molecule has 4 nitrogen and oxygen atoms in total. The summed E-state index contributed by atoms with van der Waals surface area (Å²) < 4.78 is 0. The molecule has 0 heterocycles. The minimum absolute atomic E-state index is 0. The van der Waals surface area contributed by atoms with E-state index in [4.69, 9.17) is 19.2 Å². The molecule has 0 aromatic rings. The van der Waals surface area contributed by atoms with E-state index in [-0.39, 0.29) is 51.2 Å². The fraction of sp³-hybridized carbons (Fsp3) is 0. The van der Waals surface area contributed by atoms with Crippen LogP contribution in [0.1, 0.15) is 0 Å². The van der Waals surface area contributed by atoms with Crippen LogP contribution in [-0.2, 0) is 51.2 Å². The average Bonchev–Trinajstić information content (AvgIpc) is 0.722. The predicted octanol–water partition coefficient (Wildman–Crippen LogP) is -5.14. The molecule has 0 aliphatic heterocycles. The molecule has 0 radical (unpaired) electrons. The maximum absolute atomic E-state index is 8.58. The standard InChI is InChI=1S/3Fe.O4Si/c;;;1-5(2,3)4/q3*+2;-4. The van der Waals surface area contributed by atoms with Crippen molar-refractivity contribution < 1.29 is 70.4 Å². The van der Waals surface area contributed by atoms with Crippen LogP contribution < -0.4 is 19.2 Å². The van der Waals surface area contributed by atoms with Crippen molar-refractivity contribution in [1.82, 2.24) is 0 Å². The van der Waals surface area contributed by atoms with E-state index in [1.807, 2.05) is 0 Å². The molecule has 0 rings (SSSR count). The van der Waals surface area contributed by atoms with Crippen molar-refractivity contribution in [3.05, 3.63) is 0 Å². The van der Waals surface area contributed by atoms with E-state index in [0.717, 1.165) is 0 Å². The van der Waals surface area contributed by atoms with Crippen molar-refractivity contribution in [1.29, 1.82) is 0 Å². The van der Waals surface area contributed by atoms with Gasteiger partial charge in [-0.3, -0.25) is 0 Å². The van der Waals surface area contributed by atoms with Crippen molar-refractivity contribution >= 4 is 9.05 Å². The van der Waals surface area contributed by atoms with Crippen LogP contribution in [-0.4, -0.2) is 9.05 Å². The Labute approximate surface area is 79.2 Å². The molecule has 8 heteroatoms. The molecule has 0 fully saturated rings. The summed E-state index contributed by atoms with van der Waals surface area (Å²) >= 11 is 0. The molecule has 8 heavy (non-hydrogen) atoms. The number of hydrogen-bond donors (Lipinski definition) is 0. The monoisotopic (exact) mass is 260 g/mol. The summed E-state index contributed by atoms with van der Waals surface area (Å²) in [4.78, 5) is 34.3. The third-order valence-corrected chi connectivity index (χ3v) is 0. The van der Waals surface area contributed by atoms with Crippen molar-refractivity contribution in [2.45, 2.75) is 0 Å². The molecule has 0 atom stereocenters. The maximum Gasteiger partial charge on any atom is 2.00 e. The summed E-state index contributed by atoms with van der Waals surface area (Å²) in [6.07, 6.45) is 0. The van der Waals surface area contributed by atoms with Crippen LogP contribution in [0.2, 0.25) is 0 Å². The molecule has 50 valence electrons. The number of rotatable bonds is 0. The van der Waals surface area contributed by atoms with Gasteiger partial charge in [0.2, 0.25) is 0 Å². The van der Waals surface area contributed by atoms with Gasteiger partial charge in [0, 0.05) is 0 Å². The Kier molecular flexibility index (Phi) is 24.4. The first-order valence-electron chi connectivity index (χ1n) is 0.816. The summed E-state index contributed by atoms with van der Waals surface area (Å²) in [5, 5.41) is 0. The summed E-state index contributed by atoms with van der Waals surface area (Å²) in [6, 6.07) is 0. The van der Waals surface area contributed by atoms with Crippen LogP contribution in [0.15, 0.2) is 0 Å². The van der Waals surface area contributed by atoms with Gasteiger partial charge in [-0.2, -0.15) is 0 Å². The zero-order chi connectivity index (χ0) is 4.50. The van der Waals surface area contributed by atoms with Crippen LogP contribution >= 0.6 is 0 Å². The topological polar surface area (TPSA) is 92.2 Å². The molecule has 0 spiro atoms. The van der Waals surface area contributed by atoms with Gasteiger partial charge in [0.05, 0.1) is 0 Å². The molecular weight excluding hydrogens is 260 g/mol. The SMILES string of the molecule is [Fe+2].[Fe+2].[Fe+2].[O-][Si]([O-])([O-])[O-]. The Hall–Kier alpha value is 1.62. The number of hydrogen-bond acceptors (Lipinski definition) is 4. The van der Waals surface area contributed by atoms with E-state index in [9.17, 15) is 0 Å². The van der Waals surface area contributed by atoms with Gasteiger partial charge in [0.25, 0.3) is 0 Å². The van der Waals surface area contributed by atoms with Gasteiger partial charge >= 0.3 is 51.2 Å². The van der Waals surface area contributed by atoms with Crippen molar-refractivity contribution in [3.63, 3.8) is 0 Å². The van der Waals surface area contributed by atoms with Crippen LogP contribution in [0.5, 0.6) is 0 Å². The first kappa shape index (κ1) is 22.6. The minimum Gasteiger partial charge on any atom is -0.894 e. The van der Waals surface area contributed by atoms with Crippen LogP contribution in [0.3, 0.4) is 0 Å². The quantitative estimate of drug-likeness (QED) is 0.407. The Balaban J connectivity index is -0.0000000267. The summed E-state index contributed by atoms with van der Waals surface area (Å²) in [5.74, 6) is 0. The summed E-state index contributed by atoms with van der Waals surface area (Å²) in [7, 11) is -5.61. The Morgan fingerprint density at radius 3 is 0.625 bits per heavy atom. The normalized spacial score (nSPS) is 7.50. The molecule has 0 amide bonds. The van der Waals surface area contributed by atoms with Crippen molar-refractivity contribution in [3.8, 4) is 0 Å². The Morgan fingerprint density at radius 1 is 0.625 bits per heavy atom. The molecule has 0 aliphatic rings. The maximum atomic E-state index is 8.58. The third-order valence-electron chi connectivity index (χ3n) is 0. The second-order valence-electron chi connectivity index (χ2n) is 0.500. The van der Waals surface area contributed by atoms with Gasteiger partial charge in [0.1, 0.15) is 0 Å². The van der Waals surface area contributed by atoms with E-state index in [1.54, 1.807) is 0 Å². The van der Waals surface area contributed by atoms with E-state index in [2.05, 4.69) is 0 Å². The fourth-order valence-electron chi connectivity index (χ4n) is 0. The second-order valence-corrected chi connectivity index (χ2v) is 1.50. The van der Waals surface area contributed by atoms with Gasteiger partial charge in [0.15, 0.2) is 0 Å².